The van der Waals surface area contributed by atoms with Crippen molar-refractivity contribution in [2.24, 2.45) is 5.14 Å². The number of methoxy groups -OCH3 is 1. The topological polar surface area (TPSA) is 107 Å². The lowest BCUT2D eigenvalue weighted by atomic mass is 10.2. The molecule has 1 saturated heterocycles. The number of sulfonamides is 1. The number of hydrogen-bond acceptors (Lipinski definition) is 6. The smallest absolute Gasteiger partial charge is 0.341 e. The molecule has 1 aromatic rings. The largest absolute Gasteiger partial charge is 0.465 e. The zero-order chi connectivity index (χ0) is 15.1. The van der Waals surface area contributed by atoms with Gasteiger partial charge in [-0.15, -0.1) is 11.3 Å². The maximum Gasteiger partial charge on any atom is 0.341 e. The van der Waals surface area contributed by atoms with Crippen molar-refractivity contribution in [3.63, 3.8) is 0 Å². The molecule has 0 aromatic carbocycles. The lowest BCUT2D eigenvalue weighted by molar-refractivity contribution is -0.117. The standard InChI is InChI=1S/C11H14N2O5S2/c1-6-5-19-10(9(6)11(15)18-2)13-4-7(3-8(13)14)20(12,16)17/h5,7H,3-4H2,1-2H3,(H2,12,16,17). The molecular formula is C11H14N2O5S2. The average Bonchev–Trinajstić information content (AvgIpc) is 2.91. The molecule has 2 N–H and O–H groups in total. The van der Waals surface area contributed by atoms with E-state index in [2.05, 4.69) is 0 Å². The van der Waals surface area contributed by atoms with Gasteiger partial charge in [-0.05, 0) is 17.9 Å². The van der Waals surface area contributed by atoms with Gasteiger partial charge in [-0.25, -0.2) is 18.4 Å². The molecule has 20 heavy (non-hydrogen) atoms. The van der Waals surface area contributed by atoms with E-state index in [4.69, 9.17) is 9.88 Å². The van der Waals surface area contributed by atoms with Gasteiger partial charge in [-0.1, -0.05) is 0 Å². The Balaban J connectivity index is 2.39. The molecular weight excluding hydrogens is 304 g/mol. The molecule has 0 bridgehead atoms. The van der Waals surface area contributed by atoms with Crippen molar-refractivity contribution in [2.45, 2.75) is 18.6 Å². The maximum atomic E-state index is 12.0. The Labute approximate surface area is 120 Å². The third kappa shape index (κ3) is 2.56. The van der Waals surface area contributed by atoms with E-state index in [0.717, 1.165) is 0 Å². The van der Waals surface area contributed by atoms with Crippen LogP contribution >= 0.6 is 11.3 Å². The molecule has 2 heterocycles. The van der Waals surface area contributed by atoms with Crippen molar-refractivity contribution < 1.29 is 22.7 Å². The van der Waals surface area contributed by atoms with Gasteiger partial charge >= 0.3 is 5.97 Å². The van der Waals surface area contributed by atoms with Crippen LogP contribution in [0.1, 0.15) is 22.3 Å². The van der Waals surface area contributed by atoms with Crippen LogP contribution < -0.4 is 10.0 Å². The summed E-state index contributed by atoms with van der Waals surface area (Å²) < 4.78 is 27.4. The summed E-state index contributed by atoms with van der Waals surface area (Å²) in [5.74, 6) is -0.915. The molecule has 0 aliphatic carbocycles. The minimum atomic E-state index is -3.78. The highest BCUT2D eigenvalue weighted by Gasteiger charge is 2.39. The summed E-state index contributed by atoms with van der Waals surface area (Å²) in [4.78, 5) is 25.0. The number of nitrogens with two attached hydrogens (primary N) is 1. The summed E-state index contributed by atoms with van der Waals surface area (Å²) in [6.45, 7) is 1.69. The van der Waals surface area contributed by atoms with Crippen molar-refractivity contribution in [1.82, 2.24) is 0 Å². The molecule has 2 rings (SSSR count). The Kier molecular flexibility index (Phi) is 3.85. The van der Waals surface area contributed by atoms with Crippen LogP contribution in [0.4, 0.5) is 5.00 Å². The number of nitrogens with zero attached hydrogens (tertiary/aromatic N) is 1. The zero-order valence-electron chi connectivity index (χ0n) is 11.0. The number of anilines is 1. The van der Waals surface area contributed by atoms with Crippen molar-refractivity contribution in [3.8, 4) is 0 Å². The Morgan fingerprint density at radius 1 is 1.55 bits per heavy atom. The van der Waals surface area contributed by atoms with Crippen LogP contribution in [0.15, 0.2) is 5.38 Å². The van der Waals surface area contributed by atoms with Crippen LogP contribution in [0.5, 0.6) is 0 Å². The van der Waals surface area contributed by atoms with Gasteiger partial charge in [0.15, 0.2) is 0 Å². The highest BCUT2D eigenvalue weighted by atomic mass is 32.2. The van der Waals surface area contributed by atoms with Gasteiger partial charge in [0.25, 0.3) is 0 Å². The summed E-state index contributed by atoms with van der Waals surface area (Å²) in [5.41, 5.74) is 0.977. The fraction of sp³-hybridized carbons (Fsp3) is 0.455. The van der Waals surface area contributed by atoms with E-state index in [1.807, 2.05) is 0 Å². The highest BCUT2D eigenvalue weighted by Crippen LogP contribution is 2.35. The summed E-state index contributed by atoms with van der Waals surface area (Å²) >= 11 is 1.20. The first kappa shape index (κ1) is 14.9. The van der Waals surface area contributed by atoms with Crippen molar-refractivity contribution in [2.75, 3.05) is 18.6 Å². The van der Waals surface area contributed by atoms with Crippen LogP contribution in [-0.4, -0.2) is 39.2 Å². The van der Waals surface area contributed by atoms with Crippen LogP contribution in [0.2, 0.25) is 0 Å². The van der Waals surface area contributed by atoms with E-state index >= 15 is 0 Å². The predicted octanol–water partition coefficient (Wildman–Crippen LogP) is 0.237. The number of carbonyl (C=O) groups is 2. The number of ether oxygens (including phenoxy) is 1. The van der Waals surface area contributed by atoms with E-state index in [1.54, 1.807) is 12.3 Å². The number of rotatable bonds is 3. The fourth-order valence-corrected chi connectivity index (χ4v) is 3.87. The zero-order valence-corrected chi connectivity index (χ0v) is 12.6. The van der Waals surface area contributed by atoms with Crippen LogP contribution in [-0.2, 0) is 19.6 Å². The lowest BCUT2D eigenvalue weighted by Gasteiger charge is -2.16. The first-order valence-corrected chi connectivity index (χ1v) is 8.23. The molecule has 1 atom stereocenters. The Bertz CT molecular complexity index is 664. The van der Waals surface area contributed by atoms with E-state index in [-0.39, 0.29) is 18.9 Å². The van der Waals surface area contributed by atoms with Gasteiger partial charge in [-0.2, -0.15) is 0 Å². The van der Waals surface area contributed by atoms with E-state index in [0.29, 0.717) is 16.1 Å². The number of carbonyl (C=O) groups excluding carboxylic acids is 2. The Morgan fingerprint density at radius 3 is 2.70 bits per heavy atom. The number of hydrogen-bond donors (Lipinski definition) is 1. The Morgan fingerprint density at radius 2 is 2.20 bits per heavy atom. The molecule has 0 saturated carbocycles. The molecule has 1 amide bonds. The normalized spacial score (nSPS) is 19.4. The van der Waals surface area contributed by atoms with Gasteiger partial charge in [0, 0.05) is 13.0 Å². The maximum absolute atomic E-state index is 12.0. The summed E-state index contributed by atoms with van der Waals surface area (Å²) in [5, 5.41) is 6.27. The molecule has 110 valence electrons. The van der Waals surface area contributed by atoms with E-state index in [9.17, 15) is 18.0 Å². The monoisotopic (exact) mass is 318 g/mol. The fourth-order valence-electron chi connectivity index (χ4n) is 2.07. The molecule has 1 unspecified atom stereocenters. The average molecular weight is 318 g/mol. The summed E-state index contributed by atoms with van der Waals surface area (Å²) in [6.07, 6.45) is -0.170. The van der Waals surface area contributed by atoms with Gasteiger partial charge < -0.3 is 9.64 Å². The summed E-state index contributed by atoms with van der Waals surface area (Å²) in [7, 11) is -2.53. The summed E-state index contributed by atoms with van der Waals surface area (Å²) in [6, 6.07) is 0. The van der Waals surface area contributed by atoms with Crippen LogP contribution in [0.25, 0.3) is 0 Å². The second-order valence-corrected chi connectivity index (χ2v) is 7.21. The molecule has 1 aromatic heterocycles. The van der Waals surface area contributed by atoms with Gasteiger partial charge in [0.05, 0.1) is 12.7 Å². The van der Waals surface area contributed by atoms with Gasteiger partial charge in [0.1, 0.15) is 10.3 Å². The van der Waals surface area contributed by atoms with Gasteiger partial charge in [-0.3, -0.25) is 4.79 Å². The quantitative estimate of drug-likeness (QED) is 0.803. The minimum absolute atomic E-state index is 0.0401. The molecule has 1 fully saturated rings. The van der Waals surface area contributed by atoms with E-state index in [1.165, 1.54) is 23.3 Å². The third-order valence-corrected chi connectivity index (χ3v) is 5.51. The Hall–Kier alpha value is -1.45. The minimum Gasteiger partial charge on any atom is -0.465 e. The van der Waals surface area contributed by atoms with Crippen LogP contribution in [0.3, 0.4) is 0 Å². The molecule has 0 spiro atoms. The second kappa shape index (κ2) is 5.15. The number of esters is 1. The SMILES string of the molecule is COC(=O)c1c(C)csc1N1CC(S(N)(=O)=O)CC1=O. The van der Waals surface area contributed by atoms with Crippen molar-refractivity contribution in [3.05, 3.63) is 16.5 Å². The molecule has 7 nitrogen and oxygen atoms in total. The van der Waals surface area contributed by atoms with E-state index < -0.39 is 21.2 Å². The number of thiophene rings is 1. The number of primary sulfonamides is 1. The third-order valence-electron chi connectivity index (χ3n) is 3.14. The van der Waals surface area contributed by atoms with Crippen molar-refractivity contribution in [1.29, 1.82) is 0 Å². The molecule has 0 radical (unpaired) electrons. The number of amides is 1. The first-order chi connectivity index (χ1) is 9.25. The van der Waals surface area contributed by atoms with Crippen molar-refractivity contribution >= 4 is 38.2 Å². The predicted molar refractivity (Wildman–Crippen MR) is 74.3 cm³/mol. The number of aryl methyl sites for hydroxylation is 1. The van der Waals surface area contributed by atoms with Gasteiger partial charge in [0.2, 0.25) is 15.9 Å². The second-order valence-electron chi connectivity index (χ2n) is 4.51. The lowest BCUT2D eigenvalue weighted by Crippen LogP contribution is -2.32. The first-order valence-electron chi connectivity index (χ1n) is 5.74. The van der Waals surface area contributed by atoms with Crippen LogP contribution in [0, 0.1) is 6.92 Å². The highest BCUT2D eigenvalue weighted by molar-refractivity contribution is 7.89. The molecule has 1 aliphatic rings. The molecule has 9 heteroatoms. The molecule has 1 aliphatic heterocycles.